The van der Waals surface area contributed by atoms with Crippen LogP contribution in [0.15, 0.2) is 0 Å². The number of nitrogens with one attached hydrogen (secondary N) is 1. The highest BCUT2D eigenvalue weighted by Gasteiger charge is 2.22. The molecule has 3 heteroatoms. The lowest BCUT2D eigenvalue weighted by Gasteiger charge is -2.21. The van der Waals surface area contributed by atoms with E-state index in [1.807, 2.05) is 34.6 Å². The third kappa shape index (κ3) is 5.64. The molecule has 1 atom stereocenters. The highest BCUT2D eigenvalue weighted by atomic mass is 16.5. The van der Waals surface area contributed by atoms with E-state index in [0.29, 0.717) is 13.2 Å². The number of hydrogen-bond acceptors (Lipinski definition) is 2. The Labute approximate surface area is 80.8 Å². The largest absolute Gasteiger partial charge is 0.380 e. The number of carbonyl (C=O) groups is 1. The first-order chi connectivity index (χ1) is 5.88. The van der Waals surface area contributed by atoms with Crippen molar-refractivity contribution < 1.29 is 9.53 Å². The maximum Gasteiger partial charge on any atom is 0.225 e. The van der Waals surface area contributed by atoms with Gasteiger partial charge in [0.2, 0.25) is 5.91 Å². The second-order valence-electron chi connectivity index (χ2n) is 4.28. The zero-order chi connectivity index (χ0) is 10.5. The van der Waals surface area contributed by atoms with Crippen molar-refractivity contribution in [2.24, 2.45) is 5.41 Å². The molecule has 78 valence electrons. The smallest absolute Gasteiger partial charge is 0.225 e. The normalized spacial score (nSPS) is 13.9. The minimum Gasteiger partial charge on any atom is -0.380 e. The number of rotatable bonds is 4. The van der Waals surface area contributed by atoms with E-state index in [1.165, 1.54) is 0 Å². The standard InChI is InChI=1S/C10H21NO2/c1-6-13-7-8(2)11-9(12)10(3,4)5/h8H,6-7H2,1-5H3,(H,11,12). The summed E-state index contributed by atoms with van der Waals surface area (Å²) in [6, 6.07) is 0.0895. The fourth-order valence-corrected chi connectivity index (χ4v) is 0.777. The van der Waals surface area contributed by atoms with Crippen LogP contribution in [0, 0.1) is 5.41 Å². The minimum absolute atomic E-state index is 0.0692. The molecule has 0 aliphatic carbocycles. The van der Waals surface area contributed by atoms with Gasteiger partial charge in [-0.1, -0.05) is 20.8 Å². The SMILES string of the molecule is CCOCC(C)NC(=O)C(C)(C)C. The Morgan fingerprint density at radius 1 is 1.46 bits per heavy atom. The Balaban J connectivity index is 3.79. The summed E-state index contributed by atoms with van der Waals surface area (Å²) in [4.78, 5) is 11.5. The summed E-state index contributed by atoms with van der Waals surface area (Å²) >= 11 is 0. The van der Waals surface area contributed by atoms with Crippen LogP contribution in [0.1, 0.15) is 34.6 Å². The Kier molecular flexibility index (Phi) is 4.99. The Bertz CT molecular complexity index is 161. The van der Waals surface area contributed by atoms with Gasteiger partial charge in [0.05, 0.1) is 6.61 Å². The highest BCUT2D eigenvalue weighted by Crippen LogP contribution is 2.12. The molecule has 0 aliphatic heterocycles. The van der Waals surface area contributed by atoms with E-state index >= 15 is 0 Å². The van der Waals surface area contributed by atoms with E-state index in [4.69, 9.17) is 4.74 Å². The molecule has 1 amide bonds. The minimum atomic E-state index is -0.319. The molecular formula is C10H21NO2. The summed E-state index contributed by atoms with van der Waals surface area (Å²) in [6.07, 6.45) is 0. The van der Waals surface area contributed by atoms with Crippen molar-refractivity contribution >= 4 is 5.91 Å². The van der Waals surface area contributed by atoms with Crippen molar-refractivity contribution in [2.45, 2.75) is 40.7 Å². The summed E-state index contributed by atoms with van der Waals surface area (Å²) in [7, 11) is 0. The zero-order valence-corrected chi connectivity index (χ0v) is 9.31. The van der Waals surface area contributed by atoms with Crippen LogP contribution in [-0.2, 0) is 9.53 Å². The van der Waals surface area contributed by atoms with E-state index in [-0.39, 0.29) is 17.4 Å². The van der Waals surface area contributed by atoms with Crippen LogP contribution in [0.3, 0.4) is 0 Å². The van der Waals surface area contributed by atoms with Crippen molar-refractivity contribution in [3.8, 4) is 0 Å². The molecular weight excluding hydrogens is 166 g/mol. The molecule has 0 saturated carbocycles. The van der Waals surface area contributed by atoms with E-state index < -0.39 is 0 Å². The molecule has 0 rings (SSSR count). The lowest BCUT2D eigenvalue weighted by Crippen LogP contribution is -2.42. The molecule has 0 aromatic carbocycles. The van der Waals surface area contributed by atoms with Gasteiger partial charge in [0.15, 0.2) is 0 Å². The summed E-state index contributed by atoms with van der Waals surface area (Å²) in [6.45, 7) is 10.9. The first-order valence-corrected chi connectivity index (χ1v) is 4.76. The number of carbonyl (C=O) groups excluding carboxylic acids is 1. The quantitative estimate of drug-likeness (QED) is 0.725. The lowest BCUT2D eigenvalue weighted by molar-refractivity contribution is -0.129. The molecule has 0 fully saturated rings. The maximum absolute atomic E-state index is 11.5. The first kappa shape index (κ1) is 12.4. The third-order valence-electron chi connectivity index (χ3n) is 1.63. The van der Waals surface area contributed by atoms with Gasteiger partial charge in [0, 0.05) is 18.1 Å². The zero-order valence-electron chi connectivity index (χ0n) is 9.31. The van der Waals surface area contributed by atoms with Crippen molar-refractivity contribution in [3.05, 3.63) is 0 Å². The lowest BCUT2D eigenvalue weighted by atomic mass is 9.95. The summed E-state index contributed by atoms with van der Waals surface area (Å²) in [5, 5.41) is 2.89. The van der Waals surface area contributed by atoms with E-state index in [1.54, 1.807) is 0 Å². The molecule has 0 aliphatic rings. The van der Waals surface area contributed by atoms with Crippen LogP contribution in [0.2, 0.25) is 0 Å². The topological polar surface area (TPSA) is 38.3 Å². The molecule has 0 aromatic rings. The molecule has 0 saturated heterocycles. The molecule has 3 nitrogen and oxygen atoms in total. The van der Waals surface area contributed by atoms with Crippen LogP contribution in [0.25, 0.3) is 0 Å². The van der Waals surface area contributed by atoms with Gasteiger partial charge in [0.25, 0.3) is 0 Å². The molecule has 0 radical (unpaired) electrons. The van der Waals surface area contributed by atoms with E-state index in [9.17, 15) is 4.79 Å². The fraction of sp³-hybridized carbons (Fsp3) is 0.900. The first-order valence-electron chi connectivity index (χ1n) is 4.76. The summed E-state index contributed by atoms with van der Waals surface area (Å²) in [5.74, 6) is 0.0692. The molecule has 1 N–H and O–H groups in total. The van der Waals surface area contributed by atoms with Gasteiger partial charge >= 0.3 is 0 Å². The third-order valence-corrected chi connectivity index (χ3v) is 1.63. The molecule has 1 unspecified atom stereocenters. The molecule has 13 heavy (non-hydrogen) atoms. The van der Waals surface area contributed by atoms with E-state index in [0.717, 1.165) is 0 Å². The summed E-state index contributed by atoms with van der Waals surface area (Å²) in [5.41, 5.74) is -0.319. The van der Waals surface area contributed by atoms with E-state index in [2.05, 4.69) is 5.32 Å². The molecule has 0 heterocycles. The van der Waals surface area contributed by atoms with Gasteiger partial charge in [0.1, 0.15) is 0 Å². The second-order valence-corrected chi connectivity index (χ2v) is 4.28. The Hall–Kier alpha value is -0.570. The van der Waals surface area contributed by atoms with Gasteiger partial charge in [-0.15, -0.1) is 0 Å². The van der Waals surface area contributed by atoms with Crippen molar-refractivity contribution in [1.29, 1.82) is 0 Å². The van der Waals surface area contributed by atoms with Crippen LogP contribution in [0.4, 0.5) is 0 Å². The molecule has 0 spiro atoms. The van der Waals surface area contributed by atoms with Gasteiger partial charge in [-0.2, -0.15) is 0 Å². The number of hydrogen-bond donors (Lipinski definition) is 1. The van der Waals surface area contributed by atoms with Crippen LogP contribution < -0.4 is 5.32 Å². The number of amides is 1. The Morgan fingerprint density at radius 3 is 2.38 bits per heavy atom. The van der Waals surface area contributed by atoms with Crippen LogP contribution >= 0.6 is 0 Å². The highest BCUT2D eigenvalue weighted by molar-refractivity contribution is 5.81. The maximum atomic E-state index is 11.5. The van der Waals surface area contributed by atoms with Crippen LogP contribution in [0.5, 0.6) is 0 Å². The molecule has 0 bridgehead atoms. The Morgan fingerprint density at radius 2 is 2.00 bits per heavy atom. The van der Waals surface area contributed by atoms with Crippen molar-refractivity contribution in [3.63, 3.8) is 0 Å². The number of ether oxygens (including phenoxy) is 1. The van der Waals surface area contributed by atoms with Gasteiger partial charge in [-0.3, -0.25) is 4.79 Å². The van der Waals surface area contributed by atoms with Crippen molar-refractivity contribution in [2.75, 3.05) is 13.2 Å². The van der Waals surface area contributed by atoms with Crippen molar-refractivity contribution in [1.82, 2.24) is 5.32 Å². The summed E-state index contributed by atoms with van der Waals surface area (Å²) < 4.78 is 5.19. The average molecular weight is 187 g/mol. The van der Waals surface area contributed by atoms with Crippen LogP contribution in [-0.4, -0.2) is 25.2 Å². The van der Waals surface area contributed by atoms with Gasteiger partial charge in [-0.05, 0) is 13.8 Å². The predicted molar refractivity (Wildman–Crippen MR) is 53.6 cm³/mol. The average Bonchev–Trinajstić information content (AvgIpc) is 1.99. The van der Waals surface area contributed by atoms with Gasteiger partial charge < -0.3 is 10.1 Å². The second kappa shape index (κ2) is 5.22. The predicted octanol–water partition coefficient (Wildman–Crippen LogP) is 1.57. The fourth-order valence-electron chi connectivity index (χ4n) is 0.777. The monoisotopic (exact) mass is 187 g/mol. The van der Waals surface area contributed by atoms with Gasteiger partial charge in [-0.25, -0.2) is 0 Å². The molecule has 0 aromatic heterocycles.